The highest BCUT2D eigenvalue weighted by Gasteiger charge is 2.22. The molecule has 0 amide bonds. The summed E-state index contributed by atoms with van der Waals surface area (Å²) < 4.78 is 2.14. The number of amidine groups is 2. The molecule has 59 heavy (non-hydrogen) atoms. The minimum absolute atomic E-state index is 0.324. The quantitative estimate of drug-likeness (QED) is 0.176. The third-order valence-corrected chi connectivity index (χ3v) is 11.4. The van der Waals surface area contributed by atoms with Gasteiger partial charge in [0, 0.05) is 16.8 Å². The zero-order valence-electron chi connectivity index (χ0n) is 32.1. The van der Waals surface area contributed by atoms with Crippen molar-refractivity contribution >= 4 is 44.2 Å². The van der Waals surface area contributed by atoms with Crippen molar-refractivity contribution in [2.75, 3.05) is 0 Å². The molecule has 0 saturated heterocycles. The maximum absolute atomic E-state index is 5.24. The van der Waals surface area contributed by atoms with E-state index in [0.717, 1.165) is 50.4 Å². The zero-order valence-corrected chi connectivity index (χ0v) is 32.1. The molecule has 1 N–H and O–H groups in total. The van der Waals surface area contributed by atoms with E-state index in [9.17, 15) is 0 Å². The first kappa shape index (κ1) is 34.4. The van der Waals surface area contributed by atoms with Gasteiger partial charge in [0.15, 0.2) is 5.84 Å². The first-order valence-electron chi connectivity index (χ1n) is 20.0. The molecule has 1 aliphatic rings. The average molecular weight is 756 g/mol. The molecule has 5 heteroatoms. The van der Waals surface area contributed by atoms with Gasteiger partial charge >= 0.3 is 0 Å². The number of hydrogen-bond acceptors (Lipinski definition) is 4. The van der Waals surface area contributed by atoms with Crippen molar-refractivity contribution in [2.45, 2.75) is 6.17 Å². The van der Waals surface area contributed by atoms with Crippen LogP contribution in [0.25, 0.3) is 71.6 Å². The van der Waals surface area contributed by atoms with Gasteiger partial charge in [0.05, 0.1) is 11.0 Å². The van der Waals surface area contributed by atoms with Gasteiger partial charge < -0.3 is 5.32 Å². The normalized spacial score (nSPS) is 13.9. The molecule has 1 aromatic heterocycles. The summed E-state index contributed by atoms with van der Waals surface area (Å²) in [6.45, 7) is 0. The van der Waals surface area contributed by atoms with Crippen LogP contribution in [-0.2, 0) is 0 Å². The predicted molar refractivity (Wildman–Crippen MR) is 244 cm³/mol. The summed E-state index contributed by atoms with van der Waals surface area (Å²) >= 11 is 0. The van der Waals surface area contributed by atoms with Crippen molar-refractivity contribution in [1.82, 2.24) is 14.9 Å². The molecule has 1 unspecified atom stereocenters. The van der Waals surface area contributed by atoms with E-state index >= 15 is 0 Å². The van der Waals surface area contributed by atoms with Crippen LogP contribution < -0.4 is 5.32 Å². The highest BCUT2D eigenvalue weighted by Crippen LogP contribution is 2.36. The molecule has 1 atom stereocenters. The molecule has 0 aliphatic carbocycles. The lowest BCUT2D eigenvalue weighted by molar-refractivity contribution is 0.674. The van der Waals surface area contributed by atoms with Crippen LogP contribution in [-0.4, -0.2) is 21.2 Å². The Morgan fingerprint density at radius 3 is 1.80 bits per heavy atom. The summed E-state index contributed by atoms with van der Waals surface area (Å²) in [6, 6.07) is 72.9. The Kier molecular flexibility index (Phi) is 8.48. The SMILES string of the molecule is c1ccc(C2=NC(c3cccc(-c4cccc5ccccc45)c3)=NC(c3ccc(-c4cccc5c(-c6ccc(-n7cnc8ccccc87)cc6)cccc45)cc3)N2)cc1. The summed E-state index contributed by atoms with van der Waals surface area (Å²) in [5.74, 6) is 1.50. The maximum atomic E-state index is 5.24. The summed E-state index contributed by atoms with van der Waals surface area (Å²) in [5, 5.41) is 8.52. The van der Waals surface area contributed by atoms with Crippen LogP contribution in [0.15, 0.2) is 223 Å². The third-order valence-electron chi connectivity index (χ3n) is 11.4. The first-order chi connectivity index (χ1) is 29.2. The number of nitrogens with zero attached hydrogens (tertiary/aromatic N) is 4. The average Bonchev–Trinajstić information content (AvgIpc) is 3.76. The monoisotopic (exact) mass is 755 g/mol. The Morgan fingerprint density at radius 1 is 0.441 bits per heavy atom. The molecule has 278 valence electrons. The Balaban J connectivity index is 0.922. The lowest BCUT2D eigenvalue weighted by Crippen LogP contribution is -2.33. The highest BCUT2D eigenvalue weighted by atomic mass is 15.2. The van der Waals surface area contributed by atoms with Crippen LogP contribution >= 0.6 is 0 Å². The Labute approximate surface area is 342 Å². The standard InChI is InChI=1S/C54H37N5/c1-2-13-39(14-3-1)52-56-53(58-54(57-52)42-17-8-16-41(34-42)47-19-9-15-36-12-4-5-18-44(36)47)40-28-26-37(27-29-40)45-20-10-23-49-46(21-11-22-48(45)49)38-30-32-43(33-31-38)59-35-55-50-24-6-7-25-51(50)59/h1-35,53H,(H,56,57,58). The summed E-state index contributed by atoms with van der Waals surface area (Å²) in [5.41, 5.74) is 13.3. The highest BCUT2D eigenvalue weighted by molar-refractivity contribution is 6.13. The maximum Gasteiger partial charge on any atom is 0.159 e. The van der Waals surface area contributed by atoms with Crippen molar-refractivity contribution in [3.05, 3.63) is 229 Å². The van der Waals surface area contributed by atoms with E-state index in [2.05, 4.69) is 191 Å². The molecular weight excluding hydrogens is 719 g/mol. The lowest BCUT2D eigenvalue weighted by atomic mass is 9.92. The summed E-state index contributed by atoms with van der Waals surface area (Å²) in [7, 11) is 0. The minimum Gasteiger partial charge on any atom is -0.344 e. The number of hydrogen-bond donors (Lipinski definition) is 1. The van der Waals surface area contributed by atoms with Crippen molar-refractivity contribution in [1.29, 1.82) is 0 Å². The number of nitrogens with one attached hydrogen (secondary N) is 1. The number of aromatic nitrogens is 2. The molecule has 10 aromatic rings. The van der Waals surface area contributed by atoms with E-state index in [1.54, 1.807) is 0 Å². The molecule has 0 fully saturated rings. The Morgan fingerprint density at radius 2 is 1.02 bits per heavy atom. The van der Waals surface area contributed by atoms with Crippen molar-refractivity contribution in [3.63, 3.8) is 0 Å². The fourth-order valence-electron chi connectivity index (χ4n) is 8.42. The van der Waals surface area contributed by atoms with Crippen LogP contribution in [0.5, 0.6) is 0 Å². The summed E-state index contributed by atoms with van der Waals surface area (Å²) in [4.78, 5) is 14.9. The van der Waals surface area contributed by atoms with Crippen LogP contribution in [0.3, 0.4) is 0 Å². The number of benzene rings is 9. The van der Waals surface area contributed by atoms with Gasteiger partial charge in [0.25, 0.3) is 0 Å². The largest absolute Gasteiger partial charge is 0.344 e. The second-order valence-electron chi connectivity index (χ2n) is 14.9. The van der Waals surface area contributed by atoms with Crippen LogP contribution in [0.1, 0.15) is 22.9 Å². The van der Waals surface area contributed by atoms with E-state index in [0.29, 0.717) is 5.84 Å². The fourth-order valence-corrected chi connectivity index (χ4v) is 8.42. The van der Waals surface area contributed by atoms with E-state index < -0.39 is 0 Å². The molecular formula is C54H37N5. The second kappa shape index (κ2) is 14.6. The number of rotatable bonds is 7. The van der Waals surface area contributed by atoms with Crippen molar-refractivity contribution in [2.24, 2.45) is 9.98 Å². The molecule has 0 saturated carbocycles. The van der Waals surface area contributed by atoms with Gasteiger partial charge in [-0.1, -0.05) is 176 Å². The molecule has 2 heterocycles. The third kappa shape index (κ3) is 6.35. The first-order valence-corrected chi connectivity index (χ1v) is 20.0. The van der Waals surface area contributed by atoms with Gasteiger partial charge in [0.1, 0.15) is 18.3 Å². The van der Waals surface area contributed by atoms with E-state index in [1.807, 2.05) is 36.7 Å². The summed E-state index contributed by atoms with van der Waals surface area (Å²) in [6.07, 6.45) is 1.57. The van der Waals surface area contributed by atoms with E-state index in [4.69, 9.17) is 9.98 Å². The van der Waals surface area contributed by atoms with Crippen molar-refractivity contribution < 1.29 is 0 Å². The zero-order chi connectivity index (χ0) is 39.1. The smallest absolute Gasteiger partial charge is 0.159 e. The topological polar surface area (TPSA) is 54.6 Å². The number of aliphatic imine (C=N–C) groups is 2. The van der Waals surface area contributed by atoms with Gasteiger partial charge in [0.2, 0.25) is 0 Å². The lowest BCUT2D eigenvalue weighted by Gasteiger charge is -2.24. The van der Waals surface area contributed by atoms with Gasteiger partial charge in [-0.25, -0.2) is 15.0 Å². The molecule has 0 radical (unpaired) electrons. The number of para-hydroxylation sites is 2. The van der Waals surface area contributed by atoms with Crippen LogP contribution in [0, 0.1) is 0 Å². The Hall–Kier alpha value is -7.89. The number of fused-ring (bicyclic) bond motifs is 3. The fraction of sp³-hybridized carbons (Fsp3) is 0.0185. The molecule has 1 aliphatic heterocycles. The van der Waals surface area contributed by atoms with E-state index in [-0.39, 0.29) is 6.17 Å². The molecule has 11 rings (SSSR count). The molecule has 0 spiro atoms. The molecule has 9 aromatic carbocycles. The van der Waals surface area contributed by atoms with Crippen LogP contribution in [0.4, 0.5) is 0 Å². The molecule has 0 bridgehead atoms. The van der Waals surface area contributed by atoms with Gasteiger partial charge in [-0.05, 0) is 90.8 Å². The Bertz CT molecular complexity index is 3230. The minimum atomic E-state index is -0.324. The van der Waals surface area contributed by atoms with Gasteiger partial charge in [-0.15, -0.1) is 0 Å². The van der Waals surface area contributed by atoms with Gasteiger partial charge in [-0.3, -0.25) is 4.57 Å². The number of imidazole rings is 1. The second-order valence-corrected chi connectivity index (χ2v) is 14.9. The van der Waals surface area contributed by atoms with Gasteiger partial charge in [-0.2, -0.15) is 0 Å². The van der Waals surface area contributed by atoms with E-state index in [1.165, 1.54) is 43.8 Å². The molecule has 5 nitrogen and oxygen atoms in total. The van der Waals surface area contributed by atoms with Crippen molar-refractivity contribution in [3.8, 4) is 39.1 Å². The predicted octanol–water partition coefficient (Wildman–Crippen LogP) is 12.8. The van der Waals surface area contributed by atoms with Crippen LogP contribution in [0.2, 0.25) is 0 Å².